The summed E-state index contributed by atoms with van der Waals surface area (Å²) in [5.74, 6) is -0.394. The van der Waals surface area contributed by atoms with Crippen LogP contribution in [0.4, 0.5) is 0 Å². The largest absolute Gasteiger partial charge is 0.379 e. The van der Waals surface area contributed by atoms with E-state index in [2.05, 4.69) is 10.2 Å². The Balaban J connectivity index is 1.66. The molecule has 0 spiro atoms. The summed E-state index contributed by atoms with van der Waals surface area (Å²) in [5, 5.41) is 3.48. The number of hydrogen-bond acceptors (Lipinski definition) is 6. The number of nitrogens with one attached hydrogen (secondary N) is 1. The molecule has 30 heavy (non-hydrogen) atoms. The highest BCUT2D eigenvalue weighted by molar-refractivity contribution is 7.91. The Bertz CT molecular complexity index is 978. The highest BCUT2D eigenvalue weighted by atomic mass is 35.5. The number of carbonyl (C=O) groups excluding carboxylic acids is 1. The highest BCUT2D eigenvalue weighted by Gasteiger charge is 2.27. The van der Waals surface area contributed by atoms with Crippen molar-refractivity contribution in [3.8, 4) is 0 Å². The van der Waals surface area contributed by atoms with Crippen LogP contribution in [-0.2, 0) is 19.6 Å². The molecule has 164 valence electrons. The average Bonchev–Trinajstić information content (AvgIpc) is 3.17. The van der Waals surface area contributed by atoms with Crippen LogP contribution in [0.5, 0.6) is 0 Å². The van der Waals surface area contributed by atoms with E-state index >= 15 is 0 Å². The van der Waals surface area contributed by atoms with Crippen molar-refractivity contribution in [1.82, 2.24) is 14.5 Å². The molecule has 0 aliphatic carbocycles. The van der Waals surface area contributed by atoms with Gasteiger partial charge in [0, 0.05) is 31.7 Å². The van der Waals surface area contributed by atoms with Gasteiger partial charge in [0.2, 0.25) is 5.91 Å². The Morgan fingerprint density at radius 1 is 1.23 bits per heavy atom. The average molecular weight is 492 g/mol. The molecule has 1 aliphatic heterocycles. The van der Waals surface area contributed by atoms with E-state index in [-0.39, 0.29) is 16.8 Å². The van der Waals surface area contributed by atoms with Crippen LogP contribution in [0.15, 0.2) is 40.6 Å². The number of likely N-dealkylation sites (N-methyl/N-ethyl adjacent to an activating group) is 1. The summed E-state index contributed by atoms with van der Waals surface area (Å²) in [6.07, 6.45) is 0. The molecule has 1 N–H and O–H groups in total. The van der Waals surface area contributed by atoms with E-state index in [1.807, 2.05) is 24.3 Å². The molecule has 1 fully saturated rings. The van der Waals surface area contributed by atoms with Crippen molar-refractivity contribution in [2.45, 2.75) is 10.3 Å². The topological polar surface area (TPSA) is 79.0 Å². The lowest BCUT2D eigenvalue weighted by molar-refractivity contribution is -0.121. The first kappa shape index (κ1) is 23.5. The highest BCUT2D eigenvalue weighted by Crippen LogP contribution is 2.29. The Hall–Kier alpha value is -1.20. The first-order valence-corrected chi connectivity index (χ1v) is 12.3. The third-order valence-corrected chi connectivity index (χ3v) is 8.67. The molecule has 1 aliphatic rings. The van der Waals surface area contributed by atoms with Gasteiger partial charge in [0.1, 0.15) is 4.21 Å². The minimum Gasteiger partial charge on any atom is -0.379 e. The summed E-state index contributed by atoms with van der Waals surface area (Å²) >= 11 is 13.2. The van der Waals surface area contributed by atoms with Crippen LogP contribution in [0.25, 0.3) is 0 Å². The second-order valence-corrected chi connectivity index (χ2v) is 11.2. The number of halogens is 2. The number of sulfonamides is 1. The van der Waals surface area contributed by atoms with Crippen LogP contribution in [-0.4, -0.2) is 70.0 Å². The Kier molecular flexibility index (Phi) is 8.14. The number of thiophene rings is 1. The molecule has 1 saturated heterocycles. The number of nitrogens with zero attached hydrogens (tertiary/aromatic N) is 2. The number of ether oxygens (including phenoxy) is 1. The van der Waals surface area contributed by atoms with Crippen LogP contribution in [0.1, 0.15) is 11.6 Å². The molecule has 1 aromatic carbocycles. The molecular weight excluding hydrogens is 469 g/mol. The normalized spacial score (nSPS) is 16.5. The van der Waals surface area contributed by atoms with Crippen molar-refractivity contribution in [3.05, 3.63) is 51.3 Å². The van der Waals surface area contributed by atoms with E-state index in [0.29, 0.717) is 29.1 Å². The zero-order valence-electron chi connectivity index (χ0n) is 16.4. The quantitative estimate of drug-likeness (QED) is 0.613. The maximum atomic E-state index is 12.6. The third-order valence-electron chi connectivity index (χ3n) is 4.82. The first-order chi connectivity index (χ1) is 14.3. The SMILES string of the molecule is CN(CC(=O)NCC(c1ccccc1Cl)N1CCOCC1)S(=O)(=O)c1ccc(Cl)s1. The molecule has 1 atom stereocenters. The van der Waals surface area contributed by atoms with Gasteiger partial charge in [-0.2, -0.15) is 4.31 Å². The first-order valence-electron chi connectivity index (χ1n) is 9.33. The predicted molar refractivity (Wildman–Crippen MR) is 119 cm³/mol. The molecule has 7 nitrogen and oxygen atoms in total. The zero-order chi connectivity index (χ0) is 21.7. The maximum Gasteiger partial charge on any atom is 0.252 e. The number of benzene rings is 1. The van der Waals surface area contributed by atoms with Gasteiger partial charge in [-0.15, -0.1) is 11.3 Å². The van der Waals surface area contributed by atoms with Crippen LogP contribution < -0.4 is 5.32 Å². The van der Waals surface area contributed by atoms with Gasteiger partial charge in [0.05, 0.1) is 30.1 Å². The van der Waals surface area contributed by atoms with Crippen molar-refractivity contribution in [1.29, 1.82) is 0 Å². The molecule has 1 unspecified atom stereocenters. The molecule has 1 aromatic heterocycles. The number of rotatable bonds is 8. The van der Waals surface area contributed by atoms with E-state index in [4.69, 9.17) is 27.9 Å². The van der Waals surface area contributed by atoms with E-state index in [1.165, 1.54) is 19.2 Å². The third kappa shape index (κ3) is 5.73. The van der Waals surface area contributed by atoms with Gasteiger partial charge in [-0.05, 0) is 23.8 Å². The second-order valence-electron chi connectivity index (χ2n) is 6.81. The Morgan fingerprint density at radius 3 is 2.57 bits per heavy atom. The summed E-state index contributed by atoms with van der Waals surface area (Å²) < 4.78 is 32.1. The maximum absolute atomic E-state index is 12.6. The molecular formula is C19H23Cl2N3O4S2. The minimum atomic E-state index is -3.77. The summed E-state index contributed by atoms with van der Waals surface area (Å²) in [6, 6.07) is 10.3. The molecule has 2 aromatic rings. The van der Waals surface area contributed by atoms with Crippen molar-refractivity contribution in [3.63, 3.8) is 0 Å². The van der Waals surface area contributed by atoms with Gasteiger partial charge in [-0.1, -0.05) is 41.4 Å². The van der Waals surface area contributed by atoms with Crippen LogP contribution in [0.3, 0.4) is 0 Å². The number of carbonyl (C=O) groups is 1. The lowest BCUT2D eigenvalue weighted by Crippen LogP contribution is -2.45. The molecule has 1 amide bonds. The lowest BCUT2D eigenvalue weighted by Gasteiger charge is -2.35. The van der Waals surface area contributed by atoms with Crippen molar-refractivity contribution in [2.75, 3.05) is 46.4 Å². The van der Waals surface area contributed by atoms with E-state index in [0.717, 1.165) is 34.3 Å². The molecule has 0 radical (unpaired) electrons. The van der Waals surface area contributed by atoms with Gasteiger partial charge < -0.3 is 10.1 Å². The molecule has 0 bridgehead atoms. The van der Waals surface area contributed by atoms with E-state index in [1.54, 1.807) is 0 Å². The van der Waals surface area contributed by atoms with Crippen LogP contribution >= 0.6 is 34.5 Å². The molecule has 11 heteroatoms. The fourth-order valence-electron chi connectivity index (χ4n) is 3.21. The van der Waals surface area contributed by atoms with Gasteiger partial charge >= 0.3 is 0 Å². The molecule has 2 heterocycles. The fraction of sp³-hybridized carbons (Fsp3) is 0.421. The smallest absolute Gasteiger partial charge is 0.252 e. The van der Waals surface area contributed by atoms with Crippen molar-refractivity contribution in [2.24, 2.45) is 0 Å². The lowest BCUT2D eigenvalue weighted by atomic mass is 10.0. The van der Waals surface area contributed by atoms with Gasteiger partial charge in [0.25, 0.3) is 10.0 Å². The van der Waals surface area contributed by atoms with E-state index in [9.17, 15) is 13.2 Å². The Morgan fingerprint density at radius 2 is 1.93 bits per heavy atom. The predicted octanol–water partition coefficient (Wildman–Crippen LogP) is 2.87. The van der Waals surface area contributed by atoms with Crippen molar-refractivity contribution >= 4 is 50.5 Å². The molecule has 3 rings (SSSR count). The summed E-state index contributed by atoms with van der Waals surface area (Å²) in [6.45, 7) is 2.67. The number of morpholine rings is 1. The standard InChI is InChI=1S/C19H23Cl2N3O4S2/c1-23(30(26,27)19-7-6-17(21)29-19)13-18(25)22-12-16(24-8-10-28-11-9-24)14-4-2-3-5-15(14)20/h2-7,16H,8-13H2,1H3,(H,22,25). The van der Waals surface area contributed by atoms with Gasteiger partial charge in [0.15, 0.2) is 0 Å². The van der Waals surface area contributed by atoms with Crippen LogP contribution in [0.2, 0.25) is 9.36 Å². The summed E-state index contributed by atoms with van der Waals surface area (Å²) in [7, 11) is -2.40. The number of hydrogen-bond donors (Lipinski definition) is 1. The van der Waals surface area contributed by atoms with Crippen molar-refractivity contribution < 1.29 is 17.9 Å². The minimum absolute atomic E-state index is 0.102. The fourth-order valence-corrected chi connectivity index (χ4v) is 6.30. The second kappa shape index (κ2) is 10.4. The summed E-state index contributed by atoms with van der Waals surface area (Å²) in [4.78, 5) is 14.7. The Labute approximate surface area is 190 Å². The zero-order valence-corrected chi connectivity index (χ0v) is 19.5. The van der Waals surface area contributed by atoms with Gasteiger partial charge in [-0.25, -0.2) is 8.42 Å². The molecule has 0 saturated carbocycles. The van der Waals surface area contributed by atoms with Crippen LogP contribution in [0, 0.1) is 0 Å². The van der Waals surface area contributed by atoms with E-state index < -0.39 is 15.9 Å². The number of amides is 1. The van der Waals surface area contributed by atoms with Gasteiger partial charge in [-0.3, -0.25) is 9.69 Å². The monoisotopic (exact) mass is 491 g/mol. The summed E-state index contributed by atoms with van der Waals surface area (Å²) in [5.41, 5.74) is 0.913.